The van der Waals surface area contributed by atoms with Crippen LogP contribution in [0.5, 0.6) is 0 Å². The number of thioether (sulfide) groups is 1. The predicted octanol–water partition coefficient (Wildman–Crippen LogP) is 3.32. The summed E-state index contributed by atoms with van der Waals surface area (Å²) in [6.07, 6.45) is 0. The minimum absolute atomic E-state index is 0.282. The van der Waals surface area contributed by atoms with E-state index in [9.17, 15) is 9.59 Å². The Morgan fingerprint density at radius 2 is 1.96 bits per heavy atom. The molecule has 2 amide bonds. The van der Waals surface area contributed by atoms with E-state index in [2.05, 4.69) is 15.5 Å². The maximum atomic E-state index is 12.3. The number of nitrogens with zero attached hydrogens (tertiary/aromatic N) is 2. The van der Waals surface area contributed by atoms with Crippen LogP contribution < -0.4 is 11.1 Å². The lowest BCUT2D eigenvalue weighted by molar-refractivity contribution is -0.115. The second-order valence-corrected chi connectivity index (χ2v) is 7.72. The zero-order valence-electron chi connectivity index (χ0n) is 14.1. The number of carbonyl (C=O) groups is 2. The van der Waals surface area contributed by atoms with Gasteiger partial charge in [0.15, 0.2) is 0 Å². The van der Waals surface area contributed by atoms with Gasteiger partial charge in [0.2, 0.25) is 11.8 Å². The molecule has 0 radical (unpaired) electrons. The van der Waals surface area contributed by atoms with E-state index in [0.29, 0.717) is 21.7 Å². The second kappa shape index (κ2) is 7.71. The Balaban J connectivity index is 1.65. The Kier molecular flexibility index (Phi) is 5.38. The third-order valence-electron chi connectivity index (χ3n) is 3.52. The summed E-state index contributed by atoms with van der Waals surface area (Å²) in [6, 6.07) is 9.29. The minimum Gasteiger partial charge on any atom is -0.411 e. The third-order valence-corrected chi connectivity index (χ3v) is 5.28. The molecule has 134 valence electrons. The third kappa shape index (κ3) is 4.12. The molecule has 1 aromatic carbocycles. The van der Waals surface area contributed by atoms with Gasteiger partial charge in [-0.15, -0.1) is 21.5 Å². The van der Waals surface area contributed by atoms with E-state index in [-0.39, 0.29) is 5.91 Å². The van der Waals surface area contributed by atoms with E-state index in [1.165, 1.54) is 11.3 Å². The molecule has 0 saturated heterocycles. The first-order valence-corrected chi connectivity index (χ1v) is 9.45. The molecule has 0 aliphatic carbocycles. The maximum Gasteiger partial charge on any atom is 0.277 e. The molecule has 0 saturated carbocycles. The van der Waals surface area contributed by atoms with E-state index in [4.69, 9.17) is 10.2 Å². The zero-order chi connectivity index (χ0) is 18.7. The quantitative estimate of drug-likeness (QED) is 0.627. The molecule has 0 unspecified atom stereocenters. The lowest BCUT2D eigenvalue weighted by Gasteiger charge is -2.09. The van der Waals surface area contributed by atoms with Gasteiger partial charge >= 0.3 is 0 Å². The summed E-state index contributed by atoms with van der Waals surface area (Å²) in [5.41, 5.74) is 7.52. The van der Waals surface area contributed by atoms with Crippen LogP contribution in [0.2, 0.25) is 0 Å². The van der Waals surface area contributed by atoms with Crippen molar-refractivity contribution in [1.29, 1.82) is 0 Å². The highest BCUT2D eigenvalue weighted by molar-refractivity contribution is 8.00. The molecule has 9 heteroatoms. The Hall–Kier alpha value is -2.65. The van der Waals surface area contributed by atoms with Crippen molar-refractivity contribution in [1.82, 2.24) is 10.2 Å². The fourth-order valence-corrected chi connectivity index (χ4v) is 3.57. The van der Waals surface area contributed by atoms with Crippen LogP contribution in [0.1, 0.15) is 22.8 Å². The number of carbonyl (C=O) groups excluding carboxylic acids is 2. The van der Waals surface area contributed by atoms with Gasteiger partial charge in [-0.2, -0.15) is 0 Å². The van der Waals surface area contributed by atoms with E-state index in [0.717, 1.165) is 22.9 Å². The highest BCUT2D eigenvalue weighted by Gasteiger charge is 2.21. The molecular weight excluding hydrogens is 372 g/mol. The predicted molar refractivity (Wildman–Crippen MR) is 101 cm³/mol. The molecule has 7 nitrogen and oxygen atoms in total. The molecule has 0 bridgehead atoms. The van der Waals surface area contributed by atoms with Crippen LogP contribution in [0, 0.1) is 6.92 Å². The smallest absolute Gasteiger partial charge is 0.277 e. The normalized spacial score (nSPS) is 11.9. The molecule has 0 spiro atoms. The van der Waals surface area contributed by atoms with Crippen LogP contribution in [0.3, 0.4) is 0 Å². The second-order valence-electron chi connectivity index (χ2n) is 5.52. The van der Waals surface area contributed by atoms with Crippen LogP contribution in [-0.2, 0) is 4.79 Å². The first kappa shape index (κ1) is 18.2. The van der Waals surface area contributed by atoms with E-state index < -0.39 is 11.2 Å². The van der Waals surface area contributed by atoms with Gasteiger partial charge in [-0.3, -0.25) is 9.59 Å². The molecule has 26 heavy (non-hydrogen) atoms. The summed E-state index contributed by atoms with van der Waals surface area (Å²) >= 11 is 2.38. The monoisotopic (exact) mass is 388 g/mol. The molecule has 0 fully saturated rings. The number of rotatable bonds is 6. The summed E-state index contributed by atoms with van der Waals surface area (Å²) in [6.45, 7) is 3.71. The number of nitrogens with two attached hydrogens (primary N) is 1. The van der Waals surface area contributed by atoms with E-state index >= 15 is 0 Å². The molecule has 2 heterocycles. The molecular formula is C17H16N4O3S2. The number of primary amides is 1. The summed E-state index contributed by atoms with van der Waals surface area (Å²) in [5, 5.41) is 12.6. The summed E-state index contributed by atoms with van der Waals surface area (Å²) < 4.78 is 5.62. The van der Waals surface area contributed by atoms with Crippen LogP contribution >= 0.6 is 23.1 Å². The SMILES string of the molecule is Cc1ccc(-c2nnc(S[C@H](C)C(=O)Nc3sccc3C(N)=O)o2)cc1. The molecule has 3 aromatic rings. The van der Waals surface area contributed by atoms with Crippen LogP contribution in [0.4, 0.5) is 5.00 Å². The average molecular weight is 388 g/mol. The first-order chi connectivity index (χ1) is 12.4. The Morgan fingerprint density at radius 3 is 2.65 bits per heavy atom. The van der Waals surface area contributed by atoms with E-state index in [1.54, 1.807) is 18.4 Å². The van der Waals surface area contributed by atoms with Gasteiger partial charge in [0.1, 0.15) is 5.00 Å². The minimum atomic E-state index is -0.582. The molecule has 3 rings (SSSR count). The lowest BCUT2D eigenvalue weighted by atomic mass is 10.1. The number of anilines is 1. The zero-order valence-corrected chi connectivity index (χ0v) is 15.7. The van der Waals surface area contributed by atoms with Crippen molar-refractivity contribution in [3.8, 4) is 11.5 Å². The van der Waals surface area contributed by atoms with Crippen LogP contribution in [0.25, 0.3) is 11.5 Å². The van der Waals surface area contributed by atoms with Gasteiger partial charge in [-0.05, 0) is 37.4 Å². The summed E-state index contributed by atoms with van der Waals surface area (Å²) in [5.74, 6) is -0.467. The van der Waals surface area contributed by atoms with Crippen molar-refractivity contribution >= 4 is 39.9 Å². The molecule has 0 aliphatic rings. The van der Waals surface area contributed by atoms with Crippen molar-refractivity contribution in [3.63, 3.8) is 0 Å². The molecule has 0 aliphatic heterocycles. The number of thiophene rings is 1. The topological polar surface area (TPSA) is 111 Å². The highest BCUT2D eigenvalue weighted by Crippen LogP contribution is 2.28. The highest BCUT2D eigenvalue weighted by atomic mass is 32.2. The van der Waals surface area contributed by atoms with Gasteiger partial charge in [-0.1, -0.05) is 29.5 Å². The Morgan fingerprint density at radius 1 is 1.23 bits per heavy atom. The van der Waals surface area contributed by atoms with Gasteiger partial charge in [-0.25, -0.2) is 0 Å². The first-order valence-electron chi connectivity index (χ1n) is 7.69. The fraction of sp³-hybridized carbons (Fsp3) is 0.176. The van der Waals surface area contributed by atoms with E-state index in [1.807, 2.05) is 31.2 Å². The largest absolute Gasteiger partial charge is 0.411 e. The number of nitrogens with one attached hydrogen (secondary N) is 1. The number of aromatic nitrogens is 2. The van der Waals surface area contributed by atoms with Gasteiger partial charge in [0.25, 0.3) is 11.1 Å². The van der Waals surface area contributed by atoms with Crippen molar-refractivity contribution in [2.24, 2.45) is 5.73 Å². The average Bonchev–Trinajstić information content (AvgIpc) is 3.25. The molecule has 1 atom stereocenters. The fourth-order valence-electron chi connectivity index (χ4n) is 2.09. The maximum absolute atomic E-state index is 12.3. The Bertz CT molecular complexity index is 934. The van der Waals surface area contributed by atoms with Crippen molar-refractivity contribution in [2.75, 3.05) is 5.32 Å². The van der Waals surface area contributed by atoms with Crippen molar-refractivity contribution < 1.29 is 14.0 Å². The summed E-state index contributed by atoms with van der Waals surface area (Å²) in [7, 11) is 0. The Labute approximate surface area is 158 Å². The number of amides is 2. The molecule has 3 N–H and O–H groups in total. The number of aryl methyl sites for hydroxylation is 1. The summed E-state index contributed by atoms with van der Waals surface area (Å²) in [4.78, 5) is 23.7. The number of hydrogen-bond donors (Lipinski definition) is 2. The number of benzene rings is 1. The van der Waals surface area contributed by atoms with Crippen LogP contribution in [-0.4, -0.2) is 27.3 Å². The van der Waals surface area contributed by atoms with Crippen molar-refractivity contribution in [2.45, 2.75) is 24.3 Å². The van der Waals surface area contributed by atoms with Crippen LogP contribution in [0.15, 0.2) is 45.4 Å². The number of hydrogen-bond acceptors (Lipinski definition) is 7. The van der Waals surface area contributed by atoms with Crippen molar-refractivity contribution in [3.05, 3.63) is 46.8 Å². The van der Waals surface area contributed by atoms with Gasteiger partial charge in [0.05, 0.1) is 10.8 Å². The molecule has 2 aromatic heterocycles. The van der Waals surface area contributed by atoms with Gasteiger partial charge in [0, 0.05) is 5.56 Å². The lowest BCUT2D eigenvalue weighted by Crippen LogP contribution is -2.23. The van der Waals surface area contributed by atoms with Gasteiger partial charge < -0.3 is 15.5 Å². The standard InChI is InChI=1S/C17H16N4O3S2/c1-9-3-5-11(6-4-9)15-20-21-17(24-15)26-10(2)14(23)19-16-12(13(18)22)7-8-25-16/h3-8,10H,1-2H3,(H2,18,22)(H,19,23)/t10-/m1/s1.